The second kappa shape index (κ2) is 9.76. The van der Waals surface area contributed by atoms with Gasteiger partial charge < -0.3 is 9.15 Å². The maximum Gasteiger partial charge on any atom is 0.322 e. The van der Waals surface area contributed by atoms with Gasteiger partial charge in [-0.15, -0.1) is 5.10 Å². The molecular weight excluding hydrogens is 496 g/mol. The van der Waals surface area contributed by atoms with Crippen molar-refractivity contribution in [2.24, 2.45) is 0 Å². The quantitative estimate of drug-likeness (QED) is 0.470. The van der Waals surface area contributed by atoms with Gasteiger partial charge in [0, 0.05) is 12.8 Å². The zero-order valence-corrected chi connectivity index (χ0v) is 20.7. The number of hydrogen-bond acceptors (Lipinski definition) is 9. The molecule has 1 saturated heterocycles. The predicted molar refractivity (Wildman–Crippen MR) is 125 cm³/mol. The summed E-state index contributed by atoms with van der Waals surface area (Å²) in [4.78, 5) is 13.1. The minimum Gasteiger partial charge on any atom is -0.497 e. The van der Waals surface area contributed by atoms with Crippen LogP contribution in [0.5, 0.6) is 5.75 Å². The zero-order chi connectivity index (χ0) is 25.2. The zero-order valence-electron chi connectivity index (χ0n) is 19.0. The standard InChI is InChI=1S/C22H24N4O7S2/c1-32-16-7-11-18(12-8-16)35(30,31)26-13-3-4-19(26)21(27)23-22-25-24-20(33-22)14-15-5-9-17(10-6-15)34(2,28)29/h5-12,19H,3-4,13-14H2,1-2H3,(H,23,25,27). The van der Waals surface area contributed by atoms with Crippen molar-refractivity contribution in [3.63, 3.8) is 0 Å². The molecule has 2 heterocycles. The summed E-state index contributed by atoms with van der Waals surface area (Å²) >= 11 is 0. The SMILES string of the molecule is COc1ccc(S(=O)(=O)N2CCCC2C(=O)Nc2nnc(Cc3ccc(S(C)(=O)=O)cc3)o2)cc1. The molecule has 0 saturated carbocycles. The summed E-state index contributed by atoms with van der Waals surface area (Å²) in [6.07, 6.45) is 2.25. The number of carbonyl (C=O) groups is 1. The molecule has 0 aliphatic carbocycles. The summed E-state index contributed by atoms with van der Waals surface area (Å²) in [5.41, 5.74) is 0.742. The number of amides is 1. The summed E-state index contributed by atoms with van der Waals surface area (Å²) in [6.45, 7) is 0.213. The second-order valence-electron chi connectivity index (χ2n) is 8.03. The molecule has 1 unspecified atom stereocenters. The molecule has 1 fully saturated rings. The Bertz CT molecular complexity index is 1420. The van der Waals surface area contributed by atoms with Gasteiger partial charge in [0.1, 0.15) is 11.8 Å². The van der Waals surface area contributed by atoms with E-state index in [1.165, 1.54) is 35.7 Å². The number of anilines is 1. The molecule has 186 valence electrons. The molecule has 1 aliphatic rings. The minimum atomic E-state index is -3.89. The summed E-state index contributed by atoms with van der Waals surface area (Å²) < 4.78 is 61.1. The lowest BCUT2D eigenvalue weighted by molar-refractivity contribution is -0.119. The van der Waals surface area contributed by atoms with Crippen LogP contribution in [-0.2, 0) is 31.1 Å². The molecule has 0 bridgehead atoms. The van der Waals surface area contributed by atoms with Crippen molar-refractivity contribution in [3.8, 4) is 5.75 Å². The molecule has 4 rings (SSSR count). The van der Waals surface area contributed by atoms with Crippen LogP contribution in [0.1, 0.15) is 24.3 Å². The van der Waals surface area contributed by atoms with Crippen LogP contribution in [-0.4, -0.2) is 63.2 Å². The van der Waals surface area contributed by atoms with Crippen LogP contribution >= 0.6 is 0 Å². The first-order valence-corrected chi connectivity index (χ1v) is 14.0. The fourth-order valence-electron chi connectivity index (χ4n) is 3.77. The molecule has 0 radical (unpaired) electrons. The maximum atomic E-state index is 13.1. The number of rotatable bonds is 8. The van der Waals surface area contributed by atoms with Crippen molar-refractivity contribution >= 4 is 31.8 Å². The van der Waals surface area contributed by atoms with E-state index >= 15 is 0 Å². The number of aromatic nitrogens is 2. The first kappa shape index (κ1) is 24.8. The topological polar surface area (TPSA) is 149 Å². The third-order valence-electron chi connectivity index (χ3n) is 5.58. The minimum absolute atomic E-state index is 0.0694. The van der Waals surface area contributed by atoms with Crippen molar-refractivity contribution in [1.29, 1.82) is 0 Å². The largest absolute Gasteiger partial charge is 0.497 e. The van der Waals surface area contributed by atoms with E-state index in [0.29, 0.717) is 18.6 Å². The Morgan fingerprint density at radius 2 is 1.71 bits per heavy atom. The fraction of sp³-hybridized carbons (Fsp3) is 0.318. The van der Waals surface area contributed by atoms with Crippen LogP contribution in [0.3, 0.4) is 0 Å². The van der Waals surface area contributed by atoms with Crippen molar-refractivity contribution in [1.82, 2.24) is 14.5 Å². The van der Waals surface area contributed by atoms with Crippen molar-refractivity contribution in [2.75, 3.05) is 25.2 Å². The number of benzene rings is 2. The number of carbonyl (C=O) groups excluding carboxylic acids is 1. The molecule has 13 heteroatoms. The van der Waals surface area contributed by atoms with Gasteiger partial charge >= 0.3 is 6.01 Å². The molecule has 1 atom stereocenters. The number of methoxy groups -OCH3 is 1. The average Bonchev–Trinajstić information content (AvgIpc) is 3.49. The van der Waals surface area contributed by atoms with Crippen LogP contribution in [0.15, 0.2) is 62.7 Å². The van der Waals surface area contributed by atoms with Crippen molar-refractivity contribution in [3.05, 3.63) is 60.0 Å². The highest BCUT2D eigenvalue weighted by atomic mass is 32.2. The summed E-state index contributed by atoms with van der Waals surface area (Å²) in [7, 11) is -5.70. The van der Waals surface area contributed by atoms with Gasteiger partial charge in [0.15, 0.2) is 9.84 Å². The van der Waals surface area contributed by atoms with Crippen LogP contribution < -0.4 is 10.1 Å². The van der Waals surface area contributed by atoms with E-state index in [1.54, 1.807) is 24.3 Å². The smallest absolute Gasteiger partial charge is 0.322 e. The molecule has 0 spiro atoms. The molecule has 1 amide bonds. The third kappa shape index (κ3) is 5.52. The van der Waals surface area contributed by atoms with E-state index in [-0.39, 0.29) is 34.7 Å². The van der Waals surface area contributed by atoms with Gasteiger partial charge in [-0.25, -0.2) is 16.8 Å². The molecule has 3 aromatic rings. The van der Waals surface area contributed by atoms with E-state index in [1.807, 2.05) is 0 Å². The highest BCUT2D eigenvalue weighted by Gasteiger charge is 2.40. The van der Waals surface area contributed by atoms with Gasteiger partial charge in [-0.05, 0) is 54.8 Å². The van der Waals surface area contributed by atoms with Gasteiger partial charge in [0.25, 0.3) is 0 Å². The van der Waals surface area contributed by atoms with E-state index in [4.69, 9.17) is 9.15 Å². The molecule has 35 heavy (non-hydrogen) atoms. The Balaban J connectivity index is 1.43. The number of hydrogen-bond donors (Lipinski definition) is 1. The molecular formula is C22H24N4O7S2. The predicted octanol–water partition coefficient (Wildman–Crippen LogP) is 1.86. The Hall–Kier alpha value is -3.29. The number of sulfonamides is 1. The van der Waals surface area contributed by atoms with Crippen LogP contribution in [0.2, 0.25) is 0 Å². The Kier molecular flexibility index (Phi) is 6.92. The number of sulfone groups is 1. The molecule has 1 N–H and O–H groups in total. The lowest BCUT2D eigenvalue weighted by Gasteiger charge is -2.22. The lowest BCUT2D eigenvalue weighted by atomic mass is 10.1. The number of ether oxygens (including phenoxy) is 1. The third-order valence-corrected chi connectivity index (χ3v) is 8.63. The van der Waals surface area contributed by atoms with Gasteiger partial charge in [0.05, 0.1) is 23.3 Å². The summed E-state index contributed by atoms with van der Waals surface area (Å²) in [5.74, 6) is 0.173. The van der Waals surface area contributed by atoms with Crippen LogP contribution in [0, 0.1) is 0 Å². The van der Waals surface area contributed by atoms with Gasteiger partial charge in [-0.2, -0.15) is 4.31 Å². The number of nitrogens with one attached hydrogen (secondary N) is 1. The van der Waals surface area contributed by atoms with Gasteiger partial charge in [-0.1, -0.05) is 17.2 Å². The van der Waals surface area contributed by atoms with Crippen molar-refractivity contribution < 1.29 is 30.8 Å². The van der Waals surface area contributed by atoms with Gasteiger partial charge in [-0.3, -0.25) is 10.1 Å². The van der Waals surface area contributed by atoms with E-state index in [0.717, 1.165) is 11.8 Å². The van der Waals surface area contributed by atoms with Gasteiger partial charge in [0.2, 0.25) is 21.8 Å². The summed E-state index contributed by atoms with van der Waals surface area (Å²) in [5, 5.41) is 10.2. The molecule has 1 aliphatic heterocycles. The second-order valence-corrected chi connectivity index (χ2v) is 11.9. The average molecular weight is 521 g/mol. The Morgan fingerprint density at radius 3 is 2.34 bits per heavy atom. The summed E-state index contributed by atoms with van der Waals surface area (Å²) in [6, 6.07) is 11.2. The van der Waals surface area contributed by atoms with Crippen LogP contribution in [0.25, 0.3) is 0 Å². The normalized spacial score (nSPS) is 16.8. The number of nitrogens with zero attached hydrogens (tertiary/aromatic N) is 3. The highest BCUT2D eigenvalue weighted by Crippen LogP contribution is 2.28. The highest BCUT2D eigenvalue weighted by molar-refractivity contribution is 7.90. The fourth-order valence-corrected chi connectivity index (χ4v) is 6.05. The Labute approximate surface area is 203 Å². The molecule has 2 aromatic carbocycles. The van der Waals surface area contributed by atoms with E-state index in [2.05, 4.69) is 15.5 Å². The Morgan fingerprint density at radius 1 is 1.06 bits per heavy atom. The van der Waals surface area contributed by atoms with Crippen LogP contribution in [0.4, 0.5) is 6.01 Å². The molecule has 1 aromatic heterocycles. The van der Waals surface area contributed by atoms with Crippen molar-refractivity contribution in [2.45, 2.75) is 35.1 Å². The first-order chi connectivity index (χ1) is 16.6. The monoisotopic (exact) mass is 520 g/mol. The maximum absolute atomic E-state index is 13.1. The molecule has 11 nitrogen and oxygen atoms in total. The van der Waals surface area contributed by atoms with E-state index in [9.17, 15) is 21.6 Å². The first-order valence-electron chi connectivity index (χ1n) is 10.7. The lowest BCUT2D eigenvalue weighted by Crippen LogP contribution is -2.43. The van der Waals surface area contributed by atoms with E-state index < -0.39 is 31.8 Å².